The lowest BCUT2D eigenvalue weighted by Gasteiger charge is -2.21. The smallest absolute Gasteiger partial charge is 0.480 e. The van der Waals surface area contributed by atoms with E-state index in [-0.39, 0.29) is 29.4 Å². The topological polar surface area (TPSA) is 88.8 Å². The van der Waals surface area contributed by atoms with E-state index < -0.39 is 48.5 Å². The van der Waals surface area contributed by atoms with Crippen molar-refractivity contribution in [1.29, 1.82) is 0 Å². The molecule has 1 saturated heterocycles. The second-order valence-corrected chi connectivity index (χ2v) is 6.69. The largest absolute Gasteiger partial charge is 0.573 e. The lowest BCUT2D eigenvalue weighted by atomic mass is 10.1. The van der Waals surface area contributed by atoms with Gasteiger partial charge in [-0.3, -0.25) is 9.59 Å². The number of ether oxygens (including phenoxy) is 1. The molecule has 1 aliphatic rings. The molecule has 2 aromatic rings. The van der Waals surface area contributed by atoms with E-state index in [2.05, 4.69) is 4.74 Å². The number of nitrogens with zero attached hydrogens (tertiary/aromatic N) is 2. The molecule has 1 aromatic heterocycles. The minimum absolute atomic E-state index is 0.0694. The third kappa shape index (κ3) is 4.33. The third-order valence-electron chi connectivity index (χ3n) is 4.63. The monoisotopic (exact) mass is 416 g/mol. The predicted molar refractivity (Wildman–Crippen MR) is 91.3 cm³/mol. The first kappa shape index (κ1) is 20.6. The summed E-state index contributed by atoms with van der Waals surface area (Å²) in [5, 5.41) is 9.32. The van der Waals surface area contributed by atoms with E-state index in [1.807, 2.05) is 0 Å². The quantitative estimate of drug-likeness (QED) is 0.598. The highest BCUT2D eigenvalue weighted by Gasteiger charge is 2.40. The molecule has 2 heterocycles. The number of hydrogen-bond acceptors (Lipinski definition) is 4. The van der Waals surface area contributed by atoms with Gasteiger partial charge in [-0.15, -0.1) is 13.2 Å². The summed E-state index contributed by atoms with van der Waals surface area (Å²) >= 11 is 0. The van der Waals surface area contributed by atoms with Gasteiger partial charge in [0, 0.05) is 29.1 Å². The number of aromatic nitrogens is 1. The molecule has 0 spiro atoms. The Morgan fingerprint density at radius 3 is 2.55 bits per heavy atom. The molecule has 29 heavy (non-hydrogen) atoms. The molecule has 1 aliphatic heterocycles. The number of aliphatic carboxylic acids is 1. The summed E-state index contributed by atoms with van der Waals surface area (Å²) in [6.45, 7) is 0.449. The molecule has 0 aliphatic carbocycles. The SMILES string of the molecule is CC(=O)c1cn(CC(=O)N2C[C@H](F)C[C@H]2C(=O)O)c2ccc(OC(F)(F)F)cc12. The number of carboxylic acid groups (broad SMARTS) is 1. The fourth-order valence-corrected chi connectivity index (χ4v) is 3.42. The van der Waals surface area contributed by atoms with E-state index in [0.29, 0.717) is 0 Å². The van der Waals surface area contributed by atoms with Crippen LogP contribution in [0.2, 0.25) is 0 Å². The number of likely N-dealkylation sites (tertiary alicyclic amines) is 1. The van der Waals surface area contributed by atoms with Crippen LogP contribution in [-0.2, 0) is 16.1 Å². The van der Waals surface area contributed by atoms with Crippen LogP contribution in [0.25, 0.3) is 10.9 Å². The van der Waals surface area contributed by atoms with Gasteiger partial charge in [0.25, 0.3) is 0 Å². The Labute approximate surface area is 161 Å². The molecule has 1 N–H and O–H groups in total. The Hall–Kier alpha value is -3.11. The molecule has 0 saturated carbocycles. The Morgan fingerprint density at radius 2 is 1.97 bits per heavy atom. The number of carboxylic acids is 1. The van der Waals surface area contributed by atoms with Gasteiger partial charge in [0.15, 0.2) is 5.78 Å². The summed E-state index contributed by atoms with van der Waals surface area (Å²) in [5.74, 6) is -2.98. The molecule has 3 rings (SSSR count). The van der Waals surface area contributed by atoms with E-state index in [9.17, 15) is 37.1 Å². The number of halogens is 4. The molecule has 0 radical (unpaired) electrons. The first-order valence-corrected chi connectivity index (χ1v) is 8.52. The Bertz CT molecular complexity index is 985. The Balaban J connectivity index is 1.94. The highest BCUT2D eigenvalue weighted by Crippen LogP contribution is 2.30. The van der Waals surface area contributed by atoms with Crippen LogP contribution in [0.1, 0.15) is 23.7 Å². The van der Waals surface area contributed by atoms with E-state index in [1.54, 1.807) is 0 Å². The van der Waals surface area contributed by atoms with E-state index >= 15 is 0 Å². The molecule has 0 bridgehead atoms. The first-order chi connectivity index (χ1) is 13.5. The van der Waals surface area contributed by atoms with E-state index in [0.717, 1.165) is 17.0 Å². The van der Waals surface area contributed by atoms with Crippen LogP contribution in [0, 0.1) is 0 Å². The maximum absolute atomic E-state index is 13.6. The fraction of sp³-hybridized carbons (Fsp3) is 0.389. The minimum atomic E-state index is -4.91. The van der Waals surface area contributed by atoms with Crippen molar-refractivity contribution in [2.45, 2.75) is 38.5 Å². The van der Waals surface area contributed by atoms with Crippen LogP contribution in [0.5, 0.6) is 5.75 Å². The number of ketones is 1. The van der Waals surface area contributed by atoms with Crippen molar-refractivity contribution in [3.63, 3.8) is 0 Å². The van der Waals surface area contributed by atoms with Crippen molar-refractivity contribution >= 4 is 28.6 Å². The van der Waals surface area contributed by atoms with Crippen molar-refractivity contribution in [2.24, 2.45) is 0 Å². The zero-order chi connectivity index (χ0) is 21.5. The van der Waals surface area contributed by atoms with Crippen LogP contribution in [0.4, 0.5) is 17.6 Å². The zero-order valence-electron chi connectivity index (χ0n) is 15.1. The van der Waals surface area contributed by atoms with Crippen LogP contribution in [-0.4, -0.2) is 57.4 Å². The summed E-state index contributed by atoms with van der Waals surface area (Å²) < 4.78 is 56.2. The predicted octanol–water partition coefficient (Wildman–Crippen LogP) is 2.77. The molecule has 1 fully saturated rings. The number of carbonyl (C=O) groups excluding carboxylic acids is 2. The van der Waals surface area contributed by atoms with Gasteiger partial charge in [0.2, 0.25) is 5.91 Å². The first-order valence-electron chi connectivity index (χ1n) is 8.52. The minimum Gasteiger partial charge on any atom is -0.480 e. The van der Waals surface area contributed by atoms with Crippen molar-refractivity contribution < 1.29 is 41.8 Å². The number of fused-ring (bicyclic) bond motifs is 1. The summed E-state index contributed by atoms with van der Waals surface area (Å²) in [6, 6.07) is 2.04. The van der Waals surface area contributed by atoms with Crippen molar-refractivity contribution in [3.05, 3.63) is 30.0 Å². The molecule has 0 unspecified atom stereocenters. The highest BCUT2D eigenvalue weighted by molar-refractivity contribution is 6.07. The summed E-state index contributed by atoms with van der Waals surface area (Å²) in [5.41, 5.74) is 0.348. The Morgan fingerprint density at radius 1 is 1.28 bits per heavy atom. The van der Waals surface area contributed by atoms with Crippen molar-refractivity contribution in [2.75, 3.05) is 6.54 Å². The summed E-state index contributed by atoms with van der Waals surface area (Å²) in [6.07, 6.45) is -5.39. The number of carbonyl (C=O) groups is 3. The van der Waals surface area contributed by atoms with E-state index in [4.69, 9.17) is 0 Å². The summed E-state index contributed by atoms with van der Waals surface area (Å²) in [4.78, 5) is 36.6. The lowest BCUT2D eigenvalue weighted by Crippen LogP contribution is -2.42. The van der Waals surface area contributed by atoms with Crippen LogP contribution < -0.4 is 4.74 Å². The number of amides is 1. The third-order valence-corrected chi connectivity index (χ3v) is 4.63. The van der Waals surface area contributed by atoms with Gasteiger partial charge in [-0.2, -0.15) is 0 Å². The average Bonchev–Trinajstić information content (AvgIpc) is 3.14. The number of hydrogen-bond donors (Lipinski definition) is 1. The van der Waals surface area contributed by atoms with Crippen LogP contribution >= 0.6 is 0 Å². The van der Waals surface area contributed by atoms with Gasteiger partial charge in [0.05, 0.1) is 6.54 Å². The molecule has 156 valence electrons. The summed E-state index contributed by atoms with van der Waals surface area (Å²) in [7, 11) is 0. The molecule has 2 atom stereocenters. The standard InChI is InChI=1S/C18H16F4N2O5/c1-9(25)13-7-23(8-16(26)24-6-10(19)4-15(24)17(27)28)14-3-2-11(5-12(13)14)29-18(20,21)22/h2-3,5,7,10,15H,4,6,8H2,1H3,(H,27,28)/t10-,15+/m1/s1. The lowest BCUT2D eigenvalue weighted by molar-refractivity contribution is -0.274. The van der Waals surface area contributed by atoms with Gasteiger partial charge < -0.3 is 19.3 Å². The molecule has 11 heteroatoms. The van der Waals surface area contributed by atoms with Gasteiger partial charge >= 0.3 is 12.3 Å². The van der Waals surface area contributed by atoms with Gasteiger partial charge in [-0.25, -0.2) is 9.18 Å². The molecule has 1 aromatic carbocycles. The van der Waals surface area contributed by atoms with Gasteiger partial charge in [-0.05, 0) is 25.1 Å². The molecular formula is C18H16F4N2O5. The number of Topliss-reactive ketones (excluding diaryl/α,β-unsaturated/α-hetero) is 1. The normalized spacial score (nSPS) is 19.6. The second-order valence-electron chi connectivity index (χ2n) is 6.69. The maximum Gasteiger partial charge on any atom is 0.573 e. The van der Waals surface area contributed by atoms with Crippen LogP contribution in [0.3, 0.4) is 0 Å². The van der Waals surface area contributed by atoms with Gasteiger partial charge in [0.1, 0.15) is 24.5 Å². The van der Waals surface area contributed by atoms with Crippen LogP contribution in [0.15, 0.2) is 24.4 Å². The van der Waals surface area contributed by atoms with Gasteiger partial charge in [-0.1, -0.05) is 0 Å². The zero-order valence-corrected chi connectivity index (χ0v) is 15.1. The average molecular weight is 416 g/mol. The number of benzene rings is 1. The second kappa shape index (κ2) is 7.37. The van der Waals surface area contributed by atoms with Crippen molar-refractivity contribution in [1.82, 2.24) is 9.47 Å². The molecular weight excluding hydrogens is 400 g/mol. The number of rotatable bonds is 5. The highest BCUT2D eigenvalue weighted by atomic mass is 19.4. The number of alkyl halides is 4. The molecule has 1 amide bonds. The van der Waals surface area contributed by atoms with E-state index in [1.165, 1.54) is 23.8 Å². The Kier molecular flexibility index (Phi) is 5.24. The van der Waals surface area contributed by atoms with Crippen molar-refractivity contribution in [3.8, 4) is 5.75 Å². The fourth-order valence-electron chi connectivity index (χ4n) is 3.42. The maximum atomic E-state index is 13.6. The molecule has 7 nitrogen and oxygen atoms in total.